The third-order valence-corrected chi connectivity index (χ3v) is 0.362. The molecule has 0 rings (SSSR count). The van der Waals surface area contributed by atoms with E-state index in [2.05, 4.69) is 0 Å². The van der Waals surface area contributed by atoms with Gasteiger partial charge in [0.25, 0.3) is 0 Å². The summed E-state index contributed by atoms with van der Waals surface area (Å²) in [7, 11) is 0. The van der Waals surface area contributed by atoms with Gasteiger partial charge >= 0.3 is 0 Å². The lowest BCUT2D eigenvalue weighted by Crippen LogP contribution is -1.94. The van der Waals surface area contributed by atoms with Crippen molar-refractivity contribution in [1.82, 2.24) is 0 Å². The minimum absolute atomic E-state index is 0.0694. The number of hydrogen-bond acceptors (Lipinski definition) is 3. The molecule has 0 aromatic heterocycles. The van der Waals surface area contributed by atoms with Crippen LogP contribution < -0.4 is 0 Å². The lowest BCUT2D eigenvalue weighted by Gasteiger charge is -1.94. The average molecular weight is 89.1 g/mol. The Bertz CT molecular complexity index is 60.6. The molecule has 4 nitrogen and oxygen atoms in total. The van der Waals surface area contributed by atoms with Crippen LogP contribution in [0.2, 0.25) is 0 Å². The molecule has 4 heteroatoms. The summed E-state index contributed by atoms with van der Waals surface area (Å²) in [6.07, 6.45) is 0. The normalized spacial score (nSPS) is 11.8. The summed E-state index contributed by atoms with van der Waals surface area (Å²) in [5.74, 6) is 0. The third-order valence-electron chi connectivity index (χ3n) is 0.362. The summed E-state index contributed by atoms with van der Waals surface area (Å²) in [4.78, 5) is 0.0694. The van der Waals surface area contributed by atoms with Crippen molar-refractivity contribution in [3.63, 3.8) is 0 Å². The molecule has 0 aromatic carbocycles. The van der Waals surface area contributed by atoms with E-state index in [1.165, 1.54) is 0 Å². The topological polar surface area (TPSA) is 61.5 Å². The fraction of sp³-hybridized carbons (Fsp3) is 1.00. The summed E-state index contributed by atoms with van der Waals surface area (Å²) < 4.78 is 0. The molecule has 0 saturated carbocycles. The Morgan fingerprint density at radius 3 is 2.33 bits per heavy atom. The second-order valence-electron chi connectivity index (χ2n) is 0.750. The molecule has 0 aliphatic rings. The summed E-state index contributed by atoms with van der Waals surface area (Å²) in [6, 6.07) is 0. The first kappa shape index (κ1) is 5.20. The minimum Gasteiger partial charge on any atom is -0.739 e. The highest BCUT2D eigenvalue weighted by Gasteiger charge is 1.73. The van der Waals surface area contributed by atoms with Gasteiger partial charge in [-0.15, -0.1) is 0 Å². The van der Waals surface area contributed by atoms with Crippen molar-refractivity contribution < 1.29 is 4.86 Å². The van der Waals surface area contributed by atoms with E-state index in [1.807, 2.05) is 5.28 Å². The number of nitrogens with zero attached hydrogens (tertiary/aromatic N) is 2. The first-order chi connectivity index (χ1) is 2.81. The second kappa shape index (κ2) is 2.44. The van der Waals surface area contributed by atoms with Gasteiger partial charge in [0.1, 0.15) is 0 Å². The Morgan fingerprint density at radius 2 is 2.33 bits per heavy atom. The van der Waals surface area contributed by atoms with E-state index >= 15 is 0 Å². The van der Waals surface area contributed by atoms with E-state index in [0.29, 0.717) is 0 Å². The zero-order valence-corrected chi connectivity index (χ0v) is 3.42. The monoisotopic (exact) mass is 89.0 g/mol. The van der Waals surface area contributed by atoms with E-state index in [0.717, 1.165) is 0 Å². The summed E-state index contributed by atoms with van der Waals surface area (Å²) in [5, 5.41) is 20.8. The molecule has 0 saturated heterocycles. The number of hydroxylamine groups is 1. The van der Waals surface area contributed by atoms with Gasteiger partial charge in [-0.25, -0.2) is 0 Å². The molecule has 0 radical (unpaired) electrons. The van der Waals surface area contributed by atoms with Crippen LogP contribution in [0.3, 0.4) is 0 Å². The lowest BCUT2D eigenvalue weighted by molar-refractivity contribution is -0.522. The molecule has 0 aliphatic heterocycles. The van der Waals surface area contributed by atoms with Crippen LogP contribution >= 0.6 is 0 Å². The van der Waals surface area contributed by atoms with Gasteiger partial charge in [0.05, 0.1) is 0 Å². The van der Waals surface area contributed by atoms with Crippen molar-refractivity contribution in [2.45, 2.75) is 6.92 Å². The van der Waals surface area contributed by atoms with Crippen molar-refractivity contribution >= 4 is 0 Å². The fourth-order valence-corrected chi connectivity index (χ4v) is 0.0577. The van der Waals surface area contributed by atoms with E-state index in [-0.39, 0.29) is 11.4 Å². The predicted molar refractivity (Wildman–Crippen MR) is 20.0 cm³/mol. The van der Waals surface area contributed by atoms with Crippen LogP contribution in [0.25, 0.3) is 0 Å². The molecular formula is C2H5N2O2-. The van der Waals surface area contributed by atoms with Gasteiger partial charge in [-0.2, -0.15) is 0 Å². The van der Waals surface area contributed by atoms with Crippen LogP contribution in [-0.4, -0.2) is 11.4 Å². The zero-order valence-electron chi connectivity index (χ0n) is 3.42. The molecule has 36 valence electrons. The zero-order chi connectivity index (χ0) is 4.99. The maximum Gasteiger partial charge on any atom is 0.177 e. The molecule has 0 bridgehead atoms. The van der Waals surface area contributed by atoms with Gasteiger partial charge in [-0.1, -0.05) is 4.86 Å². The smallest absolute Gasteiger partial charge is 0.177 e. The maximum absolute atomic E-state index is 9.62. The van der Waals surface area contributed by atoms with Crippen LogP contribution in [0.1, 0.15) is 6.92 Å². The number of rotatable bonds is 1. The predicted octanol–water partition coefficient (Wildman–Crippen LogP) is 0.467. The number of hydrogen-bond donors (Lipinski definition) is 0. The van der Waals surface area contributed by atoms with Crippen LogP contribution in [0.15, 0.2) is 5.28 Å². The highest BCUT2D eigenvalue weighted by molar-refractivity contribution is 4.14. The van der Waals surface area contributed by atoms with Gasteiger partial charge < -0.3 is 10.4 Å². The average Bonchev–Trinajstić information content (AvgIpc) is 1.65. The van der Waals surface area contributed by atoms with Crippen LogP contribution in [-0.2, 0) is 0 Å². The summed E-state index contributed by atoms with van der Waals surface area (Å²) in [5.41, 5.74) is 0. The Balaban J connectivity index is 3.22. The maximum atomic E-state index is 9.62. The Morgan fingerprint density at radius 1 is 1.83 bits per heavy atom. The van der Waals surface area contributed by atoms with Crippen molar-refractivity contribution in [3.05, 3.63) is 10.4 Å². The first-order valence-corrected chi connectivity index (χ1v) is 1.59. The highest BCUT2D eigenvalue weighted by atomic mass is 16.6. The Kier molecular flexibility index (Phi) is 2.11. The molecule has 0 fully saturated rings. The standard InChI is InChI=1S/C2H6N2O2/c1-2-4(6)3-5/h5H,2H2,1H3/p-1/b4-3-. The minimum atomic E-state index is 0.0694. The molecule has 0 unspecified atom stereocenters. The molecule has 0 N–H and O–H groups in total. The first-order valence-electron chi connectivity index (χ1n) is 1.59. The van der Waals surface area contributed by atoms with E-state index in [4.69, 9.17) is 5.21 Å². The quantitative estimate of drug-likeness (QED) is 0.266. The molecule has 0 heterocycles. The lowest BCUT2D eigenvalue weighted by atomic mass is 10.8. The van der Waals surface area contributed by atoms with Crippen molar-refractivity contribution in [3.8, 4) is 0 Å². The molecule has 0 amide bonds. The Labute approximate surface area is 35.3 Å². The van der Waals surface area contributed by atoms with Crippen molar-refractivity contribution in [2.75, 3.05) is 6.54 Å². The summed E-state index contributed by atoms with van der Waals surface area (Å²) >= 11 is 0. The van der Waals surface area contributed by atoms with E-state index in [9.17, 15) is 5.21 Å². The van der Waals surface area contributed by atoms with Crippen molar-refractivity contribution in [1.29, 1.82) is 0 Å². The molecule has 0 spiro atoms. The van der Waals surface area contributed by atoms with E-state index in [1.54, 1.807) is 6.92 Å². The third kappa shape index (κ3) is 1.51. The SMILES string of the molecule is CC/[N+]([O-])=N/[O-]. The molecule has 0 aromatic rings. The van der Waals surface area contributed by atoms with Gasteiger partial charge in [-0.3, -0.25) is 0 Å². The summed E-state index contributed by atoms with van der Waals surface area (Å²) in [6.45, 7) is 1.68. The van der Waals surface area contributed by atoms with Gasteiger partial charge in [0, 0.05) is 0 Å². The molecule has 6 heavy (non-hydrogen) atoms. The highest BCUT2D eigenvalue weighted by Crippen LogP contribution is 1.67. The molecule has 0 aliphatic carbocycles. The Hall–Kier alpha value is -0.800. The van der Waals surface area contributed by atoms with Gasteiger partial charge in [0.15, 0.2) is 6.54 Å². The van der Waals surface area contributed by atoms with Crippen molar-refractivity contribution in [2.24, 2.45) is 5.28 Å². The largest absolute Gasteiger partial charge is 0.739 e. The van der Waals surface area contributed by atoms with E-state index < -0.39 is 0 Å². The van der Waals surface area contributed by atoms with Crippen LogP contribution in [0.4, 0.5) is 0 Å². The fourth-order valence-electron chi connectivity index (χ4n) is 0.0577. The molecule has 0 atom stereocenters. The van der Waals surface area contributed by atoms with Gasteiger partial charge in [-0.05, 0) is 12.2 Å². The molecular weight excluding hydrogens is 84.0 g/mol. The van der Waals surface area contributed by atoms with Crippen LogP contribution in [0, 0.1) is 10.4 Å². The van der Waals surface area contributed by atoms with Crippen LogP contribution in [0.5, 0.6) is 0 Å². The van der Waals surface area contributed by atoms with Gasteiger partial charge in [0.2, 0.25) is 0 Å². The second-order valence-corrected chi connectivity index (χ2v) is 0.750.